The van der Waals surface area contributed by atoms with Crippen LogP contribution in [0.15, 0.2) is 48.5 Å². The molecule has 1 heterocycles. The van der Waals surface area contributed by atoms with Gasteiger partial charge in [-0.1, -0.05) is 13.0 Å². The Morgan fingerprint density at radius 1 is 1.09 bits per heavy atom. The van der Waals surface area contributed by atoms with Gasteiger partial charge in [0.05, 0.1) is 25.8 Å². The van der Waals surface area contributed by atoms with E-state index >= 15 is 0 Å². The van der Waals surface area contributed by atoms with Crippen LogP contribution in [0.25, 0.3) is 0 Å². The highest BCUT2D eigenvalue weighted by Crippen LogP contribution is 2.30. The van der Waals surface area contributed by atoms with Gasteiger partial charge in [0.25, 0.3) is 5.91 Å². The van der Waals surface area contributed by atoms with Crippen LogP contribution in [0.1, 0.15) is 33.6 Å². The number of carbonyl (C=O) groups excluding carboxylic acids is 3. The second-order valence-corrected chi connectivity index (χ2v) is 7.80. The molecule has 1 saturated heterocycles. The summed E-state index contributed by atoms with van der Waals surface area (Å²) in [5, 5.41) is 2.80. The number of nitrogens with one attached hydrogen (secondary N) is 1. The van der Waals surface area contributed by atoms with Gasteiger partial charge in [-0.3, -0.25) is 9.59 Å². The van der Waals surface area contributed by atoms with E-state index in [0.29, 0.717) is 23.7 Å². The lowest BCUT2D eigenvalue weighted by atomic mass is 10.1. The maximum absolute atomic E-state index is 13.2. The number of benzene rings is 2. The largest absolute Gasteiger partial charge is 0.497 e. The van der Waals surface area contributed by atoms with Crippen LogP contribution in [0.2, 0.25) is 0 Å². The van der Waals surface area contributed by atoms with Gasteiger partial charge in [-0.25, -0.2) is 9.69 Å². The summed E-state index contributed by atoms with van der Waals surface area (Å²) in [6.07, 6.45) is 0.767. The fourth-order valence-corrected chi connectivity index (χ4v) is 3.61. The zero-order valence-corrected chi connectivity index (χ0v) is 18.8. The van der Waals surface area contributed by atoms with Gasteiger partial charge in [0, 0.05) is 17.8 Å². The molecule has 0 saturated carbocycles. The molecular weight excluding hydrogens is 410 g/mol. The van der Waals surface area contributed by atoms with E-state index in [1.165, 1.54) is 12.0 Å². The summed E-state index contributed by atoms with van der Waals surface area (Å²) < 4.78 is 10.8. The molecule has 0 aliphatic carbocycles. The lowest BCUT2D eigenvalue weighted by molar-refractivity contribution is -0.124. The molecule has 3 rings (SSSR count). The molecule has 1 N–H and O–H groups in total. The quantitative estimate of drug-likeness (QED) is 0.596. The van der Waals surface area contributed by atoms with Crippen LogP contribution >= 0.6 is 0 Å². The predicted molar refractivity (Wildman–Crippen MR) is 122 cm³/mol. The maximum atomic E-state index is 13.2. The molecule has 0 spiro atoms. The fraction of sp³-hybridized carbons (Fsp3) is 0.375. The molecule has 1 aliphatic heterocycles. The number of hydrogen-bond acceptors (Lipinski definition) is 5. The van der Waals surface area contributed by atoms with Crippen molar-refractivity contribution in [2.45, 2.75) is 45.7 Å². The average molecular weight is 440 g/mol. The van der Waals surface area contributed by atoms with Gasteiger partial charge in [0.1, 0.15) is 17.5 Å². The first kappa shape index (κ1) is 23.1. The highest BCUT2D eigenvalue weighted by Gasteiger charge is 2.47. The zero-order valence-electron chi connectivity index (χ0n) is 18.8. The molecule has 1 atom stereocenters. The summed E-state index contributed by atoms with van der Waals surface area (Å²) in [6.45, 7) is 6.29. The Balaban J connectivity index is 1.74. The molecule has 32 heavy (non-hydrogen) atoms. The van der Waals surface area contributed by atoms with Gasteiger partial charge in [0.15, 0.2) is 0 Å². The van der Waals surface area contributed by atoms with Crippen molar-refractivity contribution in [2.24, 2.45) is 0 Å². The number of carbonyl (C=O) groups is 3. The van der Waals surface area contributed by atoms with Gasteiger partial charge in [-0.15, -0.1) is 0 Å². The molecule has 8 nitrogen and oxygen atoms in total. The summed E-state index contributed by atoms with van der Waals surface area (Å²) in [4.78, 5) is 41.5. The predicted octanol–water partition coefficient (Wildman–Crippen LogP) is 4.06. The first-order valence-corrected chi connectivity index (χ1v) is 10.7. The number of methoxy groups -OCH3 is 1. The molecule has 0 radical (unpaired) electrons. The van der Waals surface area contributed by atoms with Crippen molar-refractivity contribution in [3.8, 4) is 11.5 Å². The zero-order chi connectivity index (χ0) is 23.3. The Hall–Kier alpha value is -3.55. The Kier molecular flexibility index (Phi) is 7.35. The Morgan fingerprint density at radius 3 is 2.44 bits per heavy atom. The van der Waals surface area contributed by atoms with E-state index in [1.54, 1.807) is 48.5 Å². The molecular formula is C24H29N3O5. The molecule has 170 valence electrons. The summed E-state index contributed by atoms with van der Waals surface area (Å²) in [5.41, 5.74) is 1.01. The molecule has 2 aromatic rings. The van der Waals surface area contributed by atoms with Crippen molar-refractivity contribution in [1.82, 2.24) is 4.90 Å². The highest BCUT2D eigenvalue weighted by molar-refractivity contribution is 6.22. The van der Waals surface area contributed by atoms with Crippen LogP contribution < -0.4 is 19.7 Å². The lowest BCUT2D eigenvalue weighted by Gasteiger charge is -2.25. The lowest BCUT2D eigenvalue weighted by Crippen LogP contribution is -2.42. The van der Waals surface area contributed by atoms with Gasteiger partial charge in [0.2, 0.25) is 5.91 Å². The Labute approximate surface area is 188 Å². The monoisotopic (exact) mass is 439 g/mol. The second-order valence-electron chi connectivity index (χ2n) is 7.80. The fourth-order valence-electron chi connectivity index (χ4n) is 3.61. The number of rotatable bonds is 9. The molecule has 0 unspecified atom stereocenters. The normalized spacial score (nSPS) is 16.0. The third kappa shape index (κ3) is 5.01. The number of amides is 4. The van der Waals surface area contributed by atoms with E-state index in [9.17, 15) is 14.4 Å². The van der Waals surface area contributed by atoms with E-state index in [-0.39, 0.29) is 18.4 Å². The van der Waals surface area contributed by atoms with Gasteiger partial charge in [-0.2, -0.15) is 0 Å². The highest BCUT2D eigenvalue weighted by atomic mass is 16.5. The van der Waals surface area contributed by atoms with Crippen LogP contribution in [-0.4, -0.2) is 48.5 Å². The number of hydrogen-bond donors (Lipinski definition) is 1. The summed E-state index contributed by atoms with van der Waals surface area (Å²) in [7, 11) is 1.52. The van der Waals surface area contributed by atoms with E-state index < -0.39 is 18.0 Å². The van der Waals surface area contributed by atoms with Crippen LogP contribution in [0, 0.1) is 0 Å². The number of imide groups is 1. The first-order chi connectivity index (χ1) is 15.3. The summed E-state index contributed by atoms with van der Waals surface area (Å²) in [6, 6.07) is 12.2. The molecule has 4 amide bonds. The summed E-state index contributed by atoms with van der Waals surface area (Å²) in [5.74, 6) is 0.472. The van der Waals surface area contributed by atoms with Gasteiger partial charge in [-0.05, 0) is 56.7 Å². The van der Waals surface area contributed by atoms with Crippen LogP contribution in [0.5, 0.6) is 11.5 Å². The Bertz CT molecular complexity index is 974. The van der Waals surface area contributed by atoms with Gasteiger partial charge >= 0.3 is 6.03 Å². The number of nitrogens with zero attached hydrogens (tertiary/aromatic N) is 2. The molecule has 1 fully saturated rings. The Morgan fingerprint density at radius 2 is 1.81 bits per heavy atom. The third-order valence-corrected chi connectivity index (χ3v) is 5.11. The van der Waals surface area contributed by atoms with Gasteiger partial charge < -0.3 is 19.7 Å². The molecule has 8 heteroatoms. The maximum Gasteiger partial charge on any atom is 0.332 e. The standard InChI is InChI=1S/C24H29N3O5/c1-5-13-32-19-11-9-17(10-12-19)25-22(28)15-21-23(29)27(24(30)26(21)16(2)3)18-7-6-8-20(14-18)31-4/h6-12,14,16,21H,5,13,15H2,1-4H3,(H,25,28)/t21-/m0/s1. The van der Waals surface area contributed by atoms with Crippen molar-refractivity contribution in [2.75, 3.05) is 23.9 Å². The van der Waals surface area contributed by atoms with E-state index in [0.717, 1.165) is 17.1 Å². The van der Waals surface area contributed by atoms with E-state index in [2.05, 4.69) is 5.32 Å². The minimum Gasteiger partial charge on any atom is -0.497 e. The average Bonchev–Trinajstić information content (AvgIpc) is 3.02. The van der Waals surface area contributed by atoms with Crippen LogP contribution in [0.3, 0.4) is 0 Å². The minimum absolute atomic E-state index is 0.142. The van der Waals surface area contributed by atoms with Crippen molar-refractivity contribution in [1.29, 1.82) is 0 Å². The van der Waals surface area contributed by atoms with Crippen molar-refractivity contribution < 1.29 is 23.9 Å². The SMILES string of the molecule is CCCOc1ccc(NC(=O)C[C@H]2C(=O)N(c3cccc(OC)c3)C(=O)N2C(C)C)cc1. The van der Waals surface area contributed by atoms with Crippen molar-refractivity contribution in [3.05, 3.63) is 48.5 Å². The van der Waals surface area contributed by atoms with E-state index in [1.807, 2.05) is 20.8 Å². The summed E-state index contributed by atoms with van der Waals surface area (Å²) >= 11 is 0. The second kappa shape index (κ2) is 10.2. The molecule has 1 aliphatic rings. The topological polar surface area (TPSA) is 88.2 Å². The number of urea groups is 1. The smallest absolute Gasteiger partial charge is 0.332 e. The van der Waals surface area contributed by atoms with Crippen molar-refractivity contribution in [3.63, 3.8) is 0 Å². The van der Waals surface area contributed by atoms with Crippen LogP contribution in [0.4, 0.5) is 16.2 Å². The number of ether oxygens (including phenoxy) is 2. The van der Waals surface area contributed by atoms with Crippen LogP contribution in [-0.2, 0) is 9.59 Å². The molecule has 2 aromatic carbocycles. The molecule has 0 bridgehead atoms. The van der Waals surface area contributed by atoms with E-state index in [4.69, 9.17) is 9.47 Å². The molecule has 0 aromatic heterocycles. The number of anilines is 2. The van der Waals surface area contributed by atoms with Crippen molar-refractivity contribution >= 4 is 29.2 Å². The minimum atomic E-state index is -0.888. The third-order valence-electron chi connectivity index (χ3n) is 5.11. The first-order valence-electron chi connectivity index (χ1n) is 10.7.